The van der Waals surface area contributed by atoms with E-state index in [1.807, 2.05) is 30.5 Å². The van der Waals surface area contributed by atoms with E-state index in [1.165, 1.54) is 51.4 Å². The summed E-state index contributed by atoms with van der Waals surface area (Å²) < 4.78 is 5.72. The number of hydrogen-bond donors (Lipinski definition) is 2. The molecule has 0 unspecified atom stereocenters. The number of nitrogens with one attached hydrogen (secondary N) is 2. The Morgan fingerprint density at radius 3 is 2.09 bits per heavy atom. The standard InChI is InChI=1S/C25H34ClN5O/c26-22-11-13-24(14-12-22)32-20-10-8-6-4-2-1-3-5-7-9-17-29-25(30-21-27)31-23-15-18-28-19-16-23/h11-16,18-19H,1-10,17,20H2,(H2,28,29,30,31). The maximum atomic E-state index is 8.87. The van der Waals surface area contributed by atoms with Crippen molar-refractivity contribution in [2.75, 3.05) is 13.2 Å². The highest BCUT2D eigenvalue weighted by Gasteiger charge is 1.99. The van der Waals surface area contributed by atoms with E-state index in [9.17, 15) is 0 Å². The molecule has 2 N–H and O–H groups in total. The molecule has 32 heavy (non-hydrogen) atoms. The number of nitriles is 1. The molecule has 0 amide bonds. The van der Waals surface area contributed by atoms with Crippen LogP contribution in [0.25, 0.3) is 0 Å². The maximum absolute atomic E-state index is 8.87. The summed E-state index contributed by atoms with van der Waals surface area (Å²) in [5.74, 6) is 1.38. The molecule has 0 saturated carbocycles. The topological polar surface area (TPSA) is 82.3 Å². The van der Waals surface area contributed by atoms with Crippen molar-refractivity contribution < 1.29 is 4.74 Å². The summed E-state index contributed by atoms with van der Waals surface area (Å²) in [5.41, 5.74) is 0.763. The van der Waals surface area contributed by atoms with Gasteiger partial charge in [-0.2, -0.15) is 5.26 Å². The molecule has 2 aromatic rings. The van der Waals surface area contributed by atoms with Crippen LogP contribution in [0.5, 0.6) is 5.75 Å². The molecule has 0 bridgehead atoms. The summed E-state index contributed by atoms with van der Waals surface area (Å²) in [4.78, 5) is 8.35. The number of guanidine groups is 1. The van der Waals surface area contributed by atoms with Crippen molar-refractivity contribution in [3.63, 3.8) is 0 Å². The molecule has 0 aliphatic carbocycles. The number of rotatable bonds is 15. The molecule has 0 atom stereocenters. The van der Waals surface area contributed by atoms with E-state index in [-0.39, 0.29) is 0 Å². The van der Waals surface area contributed by atoms with Gasteiger partial charge in [0.25, 0.3) is 0 Å². The Bertz CT molecular complexity index is 805. The minimum absolute atomic E-state index is 0.484. The van der Waals surface area contributed by atoms with Crippen molar-refractivity contribution in [1.82, 2.24) is 15.6 Å². The second-order valence-corrected chi connectivity index (χ2v) is 8.10. The predicted molar refractivity (Wildman–Crippen MR) is 131 cm³/mol. The van der Waals surface area contributed by atoms with Gasteiger partial charge in [0.2, 0.25) is 5.96 Å². The summed E-state index contributed by atoms with van der Waals surface area (Å²) in [6.45, 7) is 1.57. The number of benzene rings is 1. The first kappa shape index (κ1) is 25.5. The number of aliphatic imine (C=N–C) groups is 1. The van der Waals surface area contributed by atoms with Crippen LogP contribution in [0.4, 0.5) is 5.69 Å². The second-order valence-electron chi connectivity index (χ2n) is 7.67. The highest BCUT2D eigenvalue weighted by atomic mass is 35.5. The monoisotopic (exact) mass is 455 g/mol. The third kappa shape index (κ3) is 12.2. The molecule has 0 spiro atoms. The molecule has 172 valence electrons. The van der Waals surface area contributed by atoms with Crippen LogP contribution in [-0.2, 0) is 0 Å². The summed E-state index contributed by atoms with van der Waals surface area (Å²) in [6.07, 6.45) is 17.6. The Kier molecular flexibility index (Phi) is 13.4. The lowest BCUT2D eigenvalue weighted by Gasteiger charge is -2.08. The molecule has 2 rings (SSSR count). The Hall–Kier alpha value is -2.78. The number of ether oxygens (including phenoxy) is 1. The average Bonchev–Trinajstić information content (AvgIpc) is 2.81. The first-order chi connectivity index (χ1) is 15.8. The van der Waals surface area contributed by atoms with Crippen LogP contribution in [0.3, 0.4) is 0 Å². The van der Waals surface area contributed by atoms with Crippen molar-refractivity contribution in [3.05, 3.63) is 53.8 Å². The zero-order valence-electron chi connectivity index (χ0n) is 18.7. The lowest BCUT2D eigenvalue weighted by Crippen LogP contribution is -2.34. The average molecular weight is 456 g/mol. The number of nitrogens with zero attached hydrogens (tertiary/aromatic N) is 3. The van der Waals surface area contributed by atoms with Gasteiger partial charge in [-0.3, -0.25) is 10.3 Å². The van der Waals surface area contributed by atoms with Crippen molar-refractivity contribution >= 4 is 23.2 Å². The van der Waals surface area contributed by atoms with Gasteiger partial charge < -0.3 is 10.1 Å². The lowest BCUT2D eigenvalue weighted by molar-refractivity contribution is 0.304. The number of hydrogen-bond acceptors (Lipinski definition) is 4. The van der Waals surface area contributed by atoms with E-state index in [0.717, 1.165) is 42.5 Å². The van der Waals surface area contributed by atoms with Crippen molar-refractivity contribution in [2.45, 2.75) is 64.2 Å². The fraction of sp³-hybridized carbons (Fsp3) is 0.480. The highest BCUT2D eigenvalue weighted by molar-refractivity contribution is 6.30. The van der Waals surface area contributed by atoms with Crippen LogP contribution < -0.4 is 15.4 Å². The van der Waals surface area contributed by atoms with Crippen LogP contribution >= 0.6 is 11.6 Å². The summed E-state index contributed by atoms with van der Waals surface area (Å²) >= 11 is 5.87. The Morgan fingerprint density at radius 1 is 0.875 bits per heavy atom. The smallest absolute Gasteiger partial charge is 0.209 e. The molecule has 0 aliphatic heterocycles. The first-order valence-electron chi connectivity index (χ1n) is 11.5. The number of halogens is 1. The highest BCUT2D eigenvalue weighted by Crippen LogP contribution is 2.16. The third-order valence-corrected chi connectivity index (χ3v) is 5.28. The first-order valence-corrected chi connectivity index (χ1v) is 11.9. The van der Waals surface area contributed by atoms with Crippen LogP contribution in [-0.4, -0.2) is 24.1 Å². The molecule has 7 heteroatoms. The van der Waals surface area contributed by atoms with Crippen LogP contribution in [0.2, 0.25) is 5.02 Å². The van der Waals surface area contributed by atoms with Gasteiger partial charge in [-0.05, 0) is 49.2 Å². The Morgan fingerprint density at radius 2 is 1.47 bits per heavy atom. The zero-order chi connectivity index (χ0) is 22.7. The van der Waals surface area contributed by atoms with Crippen molar-refractivity contribution in [1.29, 1.82) is 5.26 Å². The Labute approximate surface area is 197 Å². The zero-order valence-corrected chi connectivity index (χ0v) is 19.5. The Balaban J connectivity index is 1.38. The van der Waals surface area contributed by atoms with Gasteiger partial charge in [0.1, 0.15) is 5.75 Å². The van der Waals surface area contributed by atoms with Gasteiger partial charge in [-0.15, -0.1) is 0 Å². The molecule has 1 aromatic heterocycles. The SMILES string of the molecule is N#CN/C(=N\c1ccncc1)NCCCCCCCCCCCCOc1ccc(Cl)cc1. The van der Waals surface area contributed by atoms with Crippen molar-refractivity contribution in [2.24, 2.45) is 4.99 Å². The van der Waals surface area contributed by atoms with Gasteiger partial charge in [0.05, 0.1) is 12.3 Å². The van der Waals surface area contributed by atoms with E-state index in [4.69, 9.17) is 21.6 Å². The molecule has 1 heterocycles. The van der Waals surface area contributed by atoms with Gasteiger partial charge in [-0.25, -0.2) is 4.99 Å². The van der Waals surface area contributed by atoms with Gasteiger partial charge >= 0.3 is 0 Å². The largest absolute Gasteiger partial charge is 0.494 e. The van der Waals surface area contributed by atoms with E-state index >= 15 is 0 Å². The van der Waals surface area contributed by atoms with Gasteiger partial charge in [0, 0.05) is 24.0 Å². The molecule has 0 aliphatic rings. The van der Waals surface area contributed by atoms with E-state index in [1.54, 1.807) is 24.5 Å². The molecule has 0 saturated heterocycles. The minimum Gasteiger partial charge on any atom is -0.494 e. The molecule has 0 radical (unpaired) electrons. The van der Waals surface area contributed by atoms with Crippen LogP contribution in [0.1, 0.15) is 64.2 Å². The minimum atomic E-state index is 0.484. The summed E-state index contributed by atoms with van der Waals surface area (Å²) in [7, 11) is 0. The third-order valence-electron chi connectivity index (χ3n) is 5.02. The molecule has 1 aromatic carbocycles. The fourth-order valence-corrected chi connectivity index (χ4v) is 3.41. The maximum Gasteiger partial charge on any atom is 0.209 e. The van der Waals surface area contributed by atoms with E-state index in [0.29, 0.717) is 5.96 Å². The predicted octanol–water partition coefficient (Wildman–Crippen LogP) is 6.36. The molecular weight excluding hydrogens is 422 g/mol. The van der Waals surface area contributed by atoms with E-state index < -0.39 is 0 Å². The van der Waals surface area contributed by atoms with Crippen molar-refractivity contribution in [3.8, 4) is 11.9 Å². The van der Waals surface area contributed by atoms with Crippen LogP contribution in [0.15, 0.2) is 53.8 Å². The quantitative estimate of drug-likeness (QED) is 0.107. The summed E-state index contributed by atoms with van der Waals surface area (Å²) in [6, 6.07) is 11.1. The number of pyridine rings is 1. The molecule has 6 nitrogen and oxygen atoms in total. The van der Waals surface area contributed by atoms with Gasteiger partial charge in [-0.1, -0.05) is 63.0 Å². The molecule has 0 fully saturated rings. The second kappa shape index (κ2) is 16.9. The fourth-order valence-electron chi connectivity index (χ4n) is 3.28. The summed E-state index contributed by atoms with van der Waals surface area (Å²) in [5, 5.41) is 15.4. The lowest BCUT2D eigenvalue weighted by atomic mass is 10.1. The normalized spacial score (nSPS) is 11.1. The van der Waals surface area contributed by atoms with Gasteiger partial charge in [0.15, 0.2) is 6.19 Å². The number of unbranched alkanes of at least 4 members (excludes halogenated alkanes) is 9. The molecular formula is C25H34ClN5O. The van der Waals surface area contributed by atoms with E-state index in [2.05, 4.69) is 20.6 Å². The number of aromatic nitrogens is 1. The van der Waals surface area contributed by atoms with Crippen LogP contribution in [0, 0.1) is 11.5 Å².